The minimum atomic E-state index is -1.24. The first kappa shape index (κ1) is 24.8. The molecule has 1 fully saturated rings. The van der Waals surface area contributed by atoms with Gasteiger partial charge in [-0.05, 0) is 26.2 Å². The molecule has 0 radical (unpaired) electrons. The van der Waals surface area contributed by atoms with Gasteiger partial charge < -0.3 is 36.5 Å². The average Bonchev–Trinajstić information content (AvgIpc) is 3.42. The minimum Gasteiger partial charge on any atom is -0.481 e. The second-order valence-corrected chi connectivity index (χ2v) is 7.64. The molecule has 3 amide bonds. The molecule has 4 unspecified atom stereocenters. The lowest BCUT2D eigenvalue weighted by molar-refractivity contribution is -0.143. The highest BCUT2D eigenvalue weighted by Crippen LogP contribution is 2.19. The van der Waals surface area contributed by atoms with Crippen molar-refractivity contribution in [3.63, 3.8) is 0 Å². The number of nitrogens with zero attached hydrogens (tertiary/aromatic N) is 2. The molecule has 7 N–H and O–H groups in total. The van der Waals surface area contributed by atoms with Crippen LogP contribution in [0.15, 0.2) is 12.5 Å². The van der Waals surface area contributed by atoms with E-state index in [2.05, 4.69) is 20.6 Å². The molecule has 176 valence electrons. The molecule has 0 saturated carbocycles. The molecule has 2 heterocycles. The highest BCUT2D eigenvalue weighted by molar-refractivity contribution is 5.94. The number of carboxylic acids is 2. The maximum Gasteiger partial charge on any atom is 0.326 e. The summed E-state index contributed by atoms with van der Waals surface area (Å²) in [6, 6.07) is -4.16. The van der Waals surface area contributed by atoms with E-state index < -0.39 is 53.8 Å². The quantitative estimate of drug-likeness (QED) is 0.224. The van der Waals surface area contributed by atoms with Crippen LogP contribution in [0.2, 0.25) is 0 Å². The summed E-state index contributed by atoms with van der Waals surface area (Å²) < 4.78 is 0. The first-order valence-electron chi connectivity index (χ1n) is 10.2. The molecular weight excluding hydrogens is 424 g/mol. The number of H-pyrrole nitrogens is 1. The summed E-state index contributed by atoms with van der Waals surface area (Å²) in [5.41, 5.74) is 6.30. The molecule has 1 aliphatic heterocycles. The lowest BCUT2D eigenvalue weighted by Crippen LogP contribution is -2.56. The molecule has 1 saturated heterocycles. The van der Waals surface area contributed by atoms with Gasteiger partial charge in [0, 0.05) is 31.3 Å². The van der Waals surface area contributed by atoms with Crippen LogP contribution < -0.4 is 16.4 Å². The highest BCUT2D eigenvalue weighted by atomic mass is 16.4. The number of aromatic nitrogens is 2. The second-order valence-electron chi connectivity index (χ2n) is 7.64. The SMILES string of the molecule is CC(NC(=O)C1CCCN1C(=O)C(N)CCC(=O)O)C(=O)NC(Cc1cnc[nH]1)C(=O)O. The van der Waals surface area contributed by atoms with E-state index in [1.807, 2.05) is 0 Å². The third-order valence-electron chi connectivity index (χ3n) is 5.17. The van der Waals surface area contributed by atoms with Crippen LogP contribution >= 0.6 is 0 Å². The van der Waals surface area contributed by atoms with Crippen molar-refractivity contribution in [3.05, 3.63) is 18.2 Å². The van der Waals surface area contributed by atoms with Crippen molar-refractivity contribution in [1.82, 2.24) is 25.5 Å². The fraction of sp³-hybridized carbons (Fsp3) is 0.579. The van der Waals surface area contributed by atoms with Gasteiger partial charge in [0.1, 0.15) is 18.1 Å². The Balaban J connectivity index is 1.93. The highest BCUT2D eigenvalue weighted by Gasteiger charge is 2.37. The largest absolute Gasteiger partial charge is 0.481 e. The van der Waals surface area contributed by atoms with Gasteiger partial charge in [0.15, 0.2) is 0 Å². The van der Waals surface area contributed by atoms with E-state index in [9.17, 15) is 29.1 Å². The van der Waals surface area contributed by atoms with Gasteiger partial charge in [-0.1, -0.05) is 0 Å². The average molecular weight is 452 g/mol. The molecule has 1 aromatic heterocycles. The van der Waals surface area contributed by atoms with E-state index >= 15 is 0 Å². The normalized spacial score (nSPS) is 18.4. The predicted octanol–water partition coefficient (Wildman–Crippen LogP) is -1.79. The summed E-state index contributed by atoms with van der Waals surface area (Å²) in [4.78, 5) is 67.7. The number of hydrogen-bond donors (Lipinski definition) is 6. The van der Waals surface area contributed by atoms with E-state index in [1.165, 1.54) is 24.3 Å². The summed E-state index contributed by atoms with van der Waals surface area (Å²) in [6.45, 7) is 1.70. The van der Waals surface area contributed by atoms with Crippen LogP contribution in [-0.4, -0.2) is 85.5 Å². The fourth-order valence-corrected chi connectivity index (χ4v) is 3.41. The number of likely N-dealkylation sites (tertiary alicyclic amines) is 1. The van der Waals surface area contributed by atoms with E-state index in [-0.39, 0.29) is 19.3 Å². The zero-order valence-corrected chi connectivity index (χ0v) is 17.6. The Morgan fingerprint density at radius 3 is 2.59 bits per heavy atom. The molecule has 4 atom stereocenters. The number of amides is 3. The molecule has 13 heteroatoms. The van der Waals surface area contributed by atoms with Gasteiger partial charge >= 0.3 is 11.9 Å². The van der Waals surface area contributed by atoms with Gasteiger partial charge in [0.25, 0.3) is 0 Å². The number of aromatic amines is 1. The third kappa shape index (κ3) is 6.77. The van der Waals surface area contributed by atoms with Crippen LogP contribution in [0, 0.1) is 0 Å². The van der Waals surface area contributed by atoms with Crippen LogP contribution in [0.4, 0.5) is 0 Å². The third-order valence-corrected chi connectivity index (χ3v) is 5.17. The molecule has 13 nitrogen and oxygen atoms in total. The van der Waals surface area contributed by atoms with Crippen LogP contribution in [0.1, 0.15) is 38.3 Å². The minimum absolute atomic E-state index is 0.0130. The standard InChI is InChI=1S/C19H28N6O7/c1-10(16(28)24-13(19(31)32)7-11-8-21-9-22-11)23-17(29)14-3-2-6-25(14)18(30)12(20)4-5-15(26)27/h8-10,12-14H,2-7,20H2,1H3,(H,21,22)(H,23,29)(H,24,28)(H,26,27)(H,31,32). The zero-order valence-electron chi connectivity index (χ0n) is 17.6. The van der Waals surface area contributed by atoms with Crippen molar-refractivity contribution in [1.29, 1.82) is 0 Å². The molecule has 0 aromatic carbocycles. The van der Waals surface area contributed by atoms with Crippen LogP contribution in [0.3, 0.4) is 0 Å². The van der Waals surface area contributed by atoms with E-state index in [0.717, 1.165) is 0 Å². The number of imidazole rings is 1. The molecular formula is C19H28N6O7. The fourth-order valence-electron chi connectivity index (χ4n) is 3.41. The van der Waals surface area contributed by atoms with Gasteiger partial charge in [0.2, 0.25) is 17.7 Å². The lowest BCUT2D eigenvalue weighted by atomic mass is 10.1. The van der Waals surface area contributed by atoms with Crippen molar-refractivity contribution in [2.75, 3.05) is 6.54 Å². The number of carbonyl (C=O) groups excluding carboxylic acids is 3. The van der Waals surface area contributed by atoms with E-state index in [4.69, 9.17) is 10.8 Å². The van der Waals surface area contributed by atoms with Gasteiger partial charge in [-0.2, -0.15) is 0 Å². The Bertz CT molecular complexity index is 843. The van der Waals surface area contributed by atoms with Gasteiger partial charge in [-0.3, -0.25) is 19.2 Å². The smallest absolute Gasteiger partial charge is 0.326 e. The van der Waals surface area contributed by atoms with Crippen LogP contribution in [0.5, 0.6) is 0 Å². The molecule has 2 rings (SSSR count). The molecule has 0 bridgehead atoms. The Hall–Kier alpha value is -3.48. The van der Waals surface area contributed by atoms with Gasteiger partial charge in [-0.25, -0.2) is 9.78 Å². The Morgan fingerprint density at radius 1 is 1.28 bits per heavy atom. The summed E-state index contributed by atoms with van der Waals surface area (Å²) in [5, 5.41) is 23.0. The number of carbonyl (C=O) groups is 5. The molecule has 1 aliphatic rings. The summed E-state index contributed by atoms with van der Waals surface area (Å²) in [7, 11) is 0. The zero-order chi connectivity index (χ0) is 23.8. The first-order chi connectivity index (χ1) is 15.1. The Kier molecular flexibility index (Phi) is 8.70. The van der Waals surface area contributed by atoms with Crippen molar-refractivity contribution in [3.8, 4) is 0 Å². The predicted molar refractivity (Wildman–Crippen MR) is 109 cm³/mol. The van der Waals surface area contributed by atoms with Crippen LogP contribution in [0.25, 0.3) is 0 Å². The number of aliphatic carboxylic acids is 2. The van der Waals surface area contributed by atoms with Crippen molar-refractivity contribution in [2.45, 2.75) is 63.2 Å². The van der Waals surface area contributed by atoms with Gasteiger partial charge in [0.05, 0.1) is 12.4 Å². The summed E-state index contributed by atoms with van der Waals surface area (Å²) in [5.74, 6) is -4.10. The topological polar surface area (TPSA) is 208 Å². The second kappa shape index (κ2) is 11.2. The number of carboxylic acid groups (broad SMARTS) is 2. The number of rotatable bonds is 11. The van der Waals surface area contributed by atoms with Gasteiger partial charge in [-0.15, -0.1) is 0 Å². The number of nitrogens with one attached hydrogen (secondary N) is 3. The van der Waals surface area contributed by atoms with Crippen LogP contribution in [-0.2, 0) is 30.4 Å². The Morgan fingerprint density at radius 2 is 2.00 bits per heavy atom. The lowest BCUT2D eigenvalue weighted by Gasteiger charge is -2.27. The van der Waals surface area contributed by atoms with Crippen molar-refractivity contribution >= 4 is 29.7 Å². The summed E-state index contributed by atoms with van der Waals surface area (Å²) >= 11 is 0. The molecule has 0 spiro atoms. The number of hydrogen-bond acceptors (Lipinski definition) is 7. The summed E-state index contributed by atoms with van der Waals surface area (Å²) in [6.07, 6.45) is 3.43. The molecule has 32 heavy (non-hydrogen) atoms. The first-order valence-corrected chi connectivity index (χ1v) is 10.2. The molecule has 0 aliphatic carbocycles. The maximum absolute atomic E-state index is 12.7. The maximum atomic E-state index is 12.7. The monoisotopic (exact) mass is 452 g/mol. The number of nitrogens with two attached hydrogens (primary N) is 1. The van der Waals surface area contributed by atoms with Crippen molar-refractivity contribution in [2.24, 2.45) is 5.73 Å². The van der Waals surface area contributed by atoms with E-state index in [1.54, 1.807) is 0 Å². The van der Waals surface area contributed by atoms with E-state index in [0.29, 0.717) is 25.1 Å². The molecule has 1 aromatic rings. The van der Waals surface area contributed by atoms with Crippen molar-refractivity contribution < 1.29 is 34.2 Å². The Labute approximate surface area is 183 Å².